The number of amides is 1. The second kappa shape index (κ2) is 6.04. The molecule has 0 bridgehead atoms. The van der Waals surface area contributed by atoms with Crippen molar-refractivity contribution in [1.82, 2.24) is 24.9 Å². The average molecular weight is 311 g/mol. The Kier molecular flexibility index (Phi) is 3.92. The zero-order valence-corrected chi connectivity index (χ0v) is 12.8. The molecule has 3 heterocycles. The lowest BCUT2D eigenvalue weighted by Gasteiger charge is -2.20. The SMILES string of the molecule is CC(C)[C@H](NC(=O)c1ncccc1O)c1nnc2ccccn12. The first-order valence-electron chi connectivity index (χ1n) is 7.32. The highest BCUT2D eigenvalue weighted by molar-refractivity contribution is 5.94. The third-order valence-electron chi connectivity index (χ3n) is 3.57. The van der Waals surface area contributed by atoms with Crippen LogP contribution in [-0.2, 0) is 0 Å². The molecule has 0 radical (unpaired) electrons. The van der Waals surface area contributed by atoms with Crippen molar-refractivity contribution in [2.75, 3.05) is 0 Å². The quantitative estimate of drug-likeness (QED) is 0.768. The third-order valence-corrected chi connectivity index (χ3v) is 3.57. The Morgan fingerprint density at radius 1 is 1.22 bits per heavy atom. The van der Waals surface area contributed by atoms with E-state index in [1.165, 1.54) is 12.3 Å². The zero-order valence-electron chi connectivity index (χ0n) is 12.8. The van der Waals surface area contributed by atoms with Crippen LogP contribution in [0.3, 0.4) is 0 Å². The molecule has 118 valence electrons. The molecule has 0 unspecified atom stereocenters. The molecule has 0 aliphatic rings. The summed E-state index contributed by atoms with van der Waals surface area (Å²) in [7, 11) is 0. The number of nitrogens with one attached hydrogen (secondary N) is 1. The summed E-state index contributed by atoms with van der Waals surface area (Å²) in [5.74, 6) is 0.116. The molecule has 0 aliphatic carbocycles. The van der Waals surface area contributed by atoms with Crippen LogP contribution in [0.15, 0.2) is 42.7 Å². The molecule has 7 heteroatoms. The number of hydrogen-bond donors (Lipinski definition) is 2. The standard InChI is InChI=1S/C16H17N5O2/c1-10(2)13(15-20-19-12-7-3-4-9-21(12)15)18-16(23)14-11(22)6-5-8-17-14/h3-10,13,22H,1-2H3,(H,18,23)/t13-/m0/s1. The normalized spacial score (nSPS) is 12.5. The molecular formula is C16H17N5O2. The van der Waals surface area contributed by atoms with Crippen molar-refractivity contribution in [2.45, 2.75) is 19.9 Å². The van der Waals surface area contributed by atoms with E-state index in [0.29, 0.717) is 11.5 Å². The number of aromatic hydroxyl groups is 1. The molecule has 3 aromatic rings. The molecule has 0 saturated heterocycles. The van der Waals surface area contributed by atoms with Crippen LogP contribution in [0.2, 0.25) is 0 Å². The predicted octanol–water partition coefficient (Wildman–Crippen LogP) is 1.96. The van der Waals surface area contributed by atoms with E-state index in [2.05, 4.69) is 20.5 Å². The Bertz CT molecular complexity index is 843. The van der Waals surface area contributed by atoms with Gasteiger partial charge in [0.1, 0.15) is 5.75 Å². The molecule has 23 heavy (non-hydrogen) atoms. The fourth-order valence-electron chi connectivity index (χ4n) is 2.38. The maximum Gasteiger partial charge on any atom is 0.274 e. The van der Waals surface area contributed by atoms with Gasteiger partial charge in [0.25, 0.3) is 5.91 Å². The minimum atomic E-state index is -0.450. The van der Waals surface area contributed by atoms with Gasteiger partial charge in [0.05, 0.1) is 6.04 Å². The maximum absolute atomic E-state index is 12.4. The highest BCUT2D eigenvalue weighted by Gasteiger charge is 2.25. The van der Waals surface area contributed by atoms with Gasteiger partial charge in [-0.15, -0.1) is 10.2 Å². The molecular weight excluding hydrogens is 294 g/mol. The first kappa shape index (κ1) is 15.0. The summed E-state index contributed by atoms with van der Waals surface area (Å²) in [4.78, 5) is 16.3. The van der Waals surface area contributed by atoms with E-state index < -0.39 is 5.91 Å². The third kappa shape index (κ3) is 2.85. The Balaban J connectivity index is 1.94. The smallest absolute Gasteiger partial charge is 0.274 e. The summed E-state index contributed by atoms with van der Waals surface area (Å²) < 4.78 is 1.84. The molecule has 0 aromatic carbocycles. The first-order valence-corrected chi connectivity index (χ1v) is 7.32. The van der Waals surface area contributed by atoms with E-state index >= 15 is 0 Å². The van der Waals surface area contributed by atoms with Gasteiger partial charge >= 0.3 is 0 Å². The van der Waals surface area contributed by atoms with Gasteiger partial charge in [-0.05, 0) is 30.2 Å². The molecule has 3 rings (SSSR count). The van der Waals surface area contributed by atoms with E-state index in [0.717, 1.165) is 0 Å². The number of pyridine rings is 2. The average Bonchev–Trinajstić information content (AvgIpc) is 2.96. The van der Waals surface area contributed by atoms with Crippen molar-refractivity contribution in [2.24, 2.45) is 5.92 Å². The van der Waals surface area contributed by atoms with Gasteiger partial charge in [-0.1, -0.05) is 19.9 Å². The summed E-state index contributed by atoms with van der Waals surface area (Å²) in [5.41, 5.74) is 0.704. The summed E-state index contributed by atoms with van der Waals surface area (Å²) in [6.45, 7) is 3.96. The number of carbonyl (C=O) groups is 1. The number of rotatable bonds is 4. The largest absolute Gasteiger partial charge is 0.505 e. The summed E-state index contributed by atoms with van der Waals surface area (Å²) in [5, 5.41) is 21.0. The maximum atomic E-state index is 12.4. The van der Waals surface area contributed by atoms with Crippen LogP contribution in [0.25, 0.3) is 5.65 Å². The van der Waals surface area contributed by atoms with Crippen LogP contribution < -0.4 is 5.32 Å². The molecule has 0 spiro atoms. The van der Waals surface area contributed by atoms with E-state index in [1.54, 1.807) is 6.07 Å². The van der Waals surface area contributed by atoms with Gasteiger partial charge in [0.2, 0.25) is 0 Å². The molecule has 1 amide bonds. The molecule has 2 N–H and O–H groups in total. The minimum Gasteiger partial charge on any atom is -0.505 e. The van der Waals surface area contributed by atoms with Crippen LogP contribution in [0.4, 0.5) is 0 Å². The first-order chi connectivity index (χ1) is 11.1. The Hall–Kier alpha value is -2.96. The molecule has 1 atom stereocenters. The molecule has 7 nitrogen and oxygen atoms in total. The van der Waals surface area contributed by atoms with Gasteiger partial charge < -0.3 is 10.4 Å². The van der Waals surface area contributed by atoms with E-state index in [1.807, 2.05) is 42.6 Å². The molecule has 0 aliphatic heterocycles. The van der Waals surface area contributed by atoms with Crippen LogP contribution in [0.5, 0.6) is 5.75 Å². The lowest BCUT2D eigenvalue weighted by atomic mass is 10.0. The monoisotopic (exact) mass is 311 g/mol. The predicted molar refractivity (Wildman–Crippen MR) is 83.9 cm³/mol. The Labute approximate surface area is 133 Å². The zero-order chi connectivity index (χ0) is 16.4. The second-order valence-electron chi connectivity index (χ2n) is 5.55. The van der Waals surface area contributed by atoms with Gasteiger partial charge in [0.15, 0.2) is 17.2 Å². The Morgan fingerprint density at radius 2 is 2.04 bits per heavy atom. The second-order valence-corrected chi connectivity index (χ2v) is 5.55. The molecule has 0 saturated carbocycles. The Morgan fingerprint density at radius 3 is 2.78 bits per heavy atom. The van der Waals surface area contributed by atoms with Crippen LogP contribution in [0.1, 0.15) is 36.2 Å². The van der Waals surface area contributed by atoms with Gasteiger partial charge in [0, 0.05) is 12.4 Å². The van der Waals surface area contributed by atoms with E-state index in [9.17, 15) is 9.90 Å². The molecule has 3 aromatic heterocycles. The van der Waals surface area contributed by atoms with Gasteiger partial charge in [-0.25, -0.2) is 4.98 Å². The highest BCUT2D eigenvalue weighted by atomic mass is 16.3. The fraction of sp³-hybridized carbons (Fsp3) is 0.250. The number of carbonyl (C=O) groups excluding carboxylic acids is 1. The van der Waals surface area contributed by atoms with Crippen molar-refractivity contribution >= 4 is 11.6 Å². The van der Waals surface area contributed by atoms with Crippen molar-refractivity contribution < 1.29 is 9.90 Å². The van der Waals surface area contributed by atoms with Crippen molar-refractivity contribution in [3.05, 3.63) is 54.2 Å². The number of hydrogen-bond acceptors (Lipinski definition) is 5. The van der Waals surface area contributed by atoms with Gasteiger partial charge in [-0.2, -0.15) is 0 Å². The van der Waals surface area contributed by atoms with Crippen molar-refractivity contribution in [3.63, 3.8) is 0 Å². The van der Waals surface area contributed by atoms with E-state index in [-0.39, 0.29) is 23.4 Å². The summed E-state index contributed by atoms with van der Waals surface area (Å²) in [6, 6.07) is 8.24. The van der Waals surface area contributed by atoms with Crippen LogP contribution >= 0.6 is 0 Å². The van der Waals surface area contributed by atoms with E-state index in [4.69, 9.17) is 0 Å². The lowest BCUT2D eigenvalue weighted by Crippen LogP contribution is -2.33. The topological polar surface area (TPSA) is 92.4 Å². The van der Waals surface area contributed by atoms with Crippen LogP contribution in [-0.4, -0.2) is 30.6 Å². The van der Waals surface area contributed by atoms with Crippen molar-refractivity contribution in [1.29, 1.82) is 0 Å². The number of aromatic nitrogens is 4. The van der Waals surface area contributed by atoms with Gasteiger partial charge in [-0.3, -0.25) is 9.20 Å². The van der Waals surface area contributed by atoms with Crippen LogP contribution in [0, 0.1) is 5.92 Å². The summed E-state index contributed by atoms with van der Waals surface area (Å²) in [6.07, 6.45) is 3.32. The summed E-state index contributed by atoms with van der Waals surface area (Å²) >= 11 is 0. The fourth-order valence-corrected chi connectivity index (χ4v) is 2.38. The lowest BCUT2D eigenvalue weighted by molar-refractivity contribution is 0.0914. The van der Waals surface area contributed by atoms with Crippen molar-refractivity contribution in [3.8, 4) is 5.75 Å². The highest BCUT2D eigenvalue weighted by Crippen LogP contribution is 2.22. The minimum absolute atomic E-state index is 0.00743. The molecule has 0 fully saturated rings. The number of fused-ring (bicyclic) bond motifs is 1. The number of nitrogens with zero attached hydrogens (tertiary/aromatic N) is 4.